The lowest BCUT2D eigenvalue weighted by Gasteiger charge is -2.12. The second kappa shape index (κ2) is 6.71. The van der Waals surface area contributed by atoms with Crippen LogP contribution in [0.15, 0.2) is 42.5 Å². The molecule has 8 heteroatoms. The van der Waals surface area contributed by atoms with Crippen LogP contribution < -0.4 is 10.6 Å². The molecular weight excluding hydrogens is 346 g/mol. The number of hydrogen-bond donors (Lipinski definition) is 3. The third-order valence-electron chi connectivity index (χ3n) is 4.56. The summed E-state index contributed by atoms with van der Waals surface area (Å²) in [4.78, 5) is 31.1. The highest BCUT2D eigenvalue weighted by atomic mass is 16.6. The fraction of sp³-hybridized carbons (Fsp3) is 0.263. The maximum Gasteiger partial charge on any atom is 0.293 e. The number of imidazole rings is 1. The van der Waals surface area contributed by atoms with E-state index >= 15 is 0 Å². The normalized spacial score (nSPS) is 14.7. The minimum absolute atomic E-state index is 0.0917. The lowest BCUT2D eigenvalue weighted by molar-refractivity contribution is -0.384. The van der Waals surface area contributed by atoms with Gasteiger partial charge in [0.05, 0.1) is 22.0 Å². The third kappa shape index (κ3) is 3.59. The first-order valence-electron chi connectivity index (χ1n) is 8.82. The van der Waals surface area contributed by atoms with Crippen LogP contribution in [0.4, 0.5) is 11.4 Å². The number of nitro benzene ring substituents is 1. The molecule has 3 aromatic rings. The Morgan fingerprint density at radius 1 is 1.30 bits per heavy atom. The summed E-state index contributed by atoms with van der Waals surface area (Å²) in [5.74, 6) is 0.245. The Morgan fingerprint density at radius 3 is 2.78 bits per heavy atom. The maximum absolute atomic E-state index is 12.6. The summed E-state index contributed by atoms with van der Waals surface area (Å²) in [6, 6.07) is 12.0. The van der Waals surface area contributed by atoms with Crippen LogP contribution in [0.3, 0.4) is 0 Å². The molecule has 1 aliphatic rings. The Labute approximate surface area is 155 Å². The molecule has 0 aliphatic heterocycles. The fourth-order valence-electron chi connectivity index (χ4n) is 2.92. The molecule has 0 radical (unpaired) electrons. The van der Waals surface area contributed by atoms with Crippen LogP contribution in [0, 0.1) is 10.1 Å². The van der Waals surface area contributed by atoms with E-state index in [-0.39, 0.29) is 29.2 Å². The van der Waals surface area contributed by atoms with Gasteiger partial charge in [0.25, 0.3) is 11.6 Å². The zero-order valence-corrected chi connectivity index (χ0v) is 14.7. The molecule has 1 atom stereocenters. The molecule has 1 fully saturated rings. The number of aromatic amines is 1. The Kier molecular flexibility index (Phi) is 4.23. The van der Waals surface area contributed by atoms with Gasteiger partial charge in [0.2, 0.25) is 0 Å². The highest BCUT2D eigenvalue weighted by Gasteiger charge is 2.26. The van der Waals surface area contributed by atoms with Crippen LogP contribution >= 0.6 is 0 Å². The summed E-state index contributed by atoms with van der Waals surface area (Å²) in [7, 11) is 0. The van der Waals surface area contributed by atoms with Crippen LogP contribution in [-0.4, -0.2) is 26.8 Å². The summed E-state index contributed by atoms with van der Waals surface area (Å²) in [5.41, 5.74) is 2.31. The van der Waals surface area contributed by atoms with Crippen LogP contribution in [0.5, 0.6) is 0 Å². The zero-order valence-electron chi connectivity index (χ0n) is 14.7. The molecule has 0 saturated heterocycles. The first-order chi connectivity index (χ1) is 13.0. The van der Waals surface area contributed by atoms with Gasteiger partial charge >= 0.3 is 0 Å². The van der Waals surface area contributed by atoms with Crippen molar-refractivity contribution < 1.29 is 9.72 Å². The van der Waals surface area contributed by atoms with Gasteiger partial charge in [-0.3, -0.25) is 14.9 Å². The number of nitrogens with one attached hydrogen (secondary N) is 3. The van der Waals surface area contributed by atoms with E-state index in [0.717, 1.165) is 23.9 Å². The monoisotopic (exact) mass is 365 g/mol. The smallest absolute Gasteiger partial charge is 0.293 e. The number of H-pyrrole nitrogens is 1. The molecule has 1 saturated carbocycles. The number of para-hydroxylation sites is 2. The van der Waals surface area contributed by atoms with Crippen molar-refractivity contribution in [3.63, 3.8) is 0 Å². The number of nitro groups is 1. The highest BCUT2D eigenvalue weighted by molar-refractivity contribution is 5.96. The lowest BCUT2D eigenvalue weighted by Crippen LogP contribution is -2.27. The van der Waals surface area contributed by atoms with Crippen molar-refractivity contribution in [3.05, 3.63) is 64.0 Å². The Hall–Kier alpha value is -3.42. The molecule has 1 unspecified atom stereocenters. The van der Waals surface area contributed by atoms with Gasteiger partial charge in [-0.05, 0) is 44.0 Å². The molecule has 138 valence electrons. The number of carbonyl (C=O) groups is 1. The second-order valence-electron chi connectivity index (χ2n) is 6.74. The van der Waals surface area contributed by atoms with Crippen molar-refractivity contribution in [1.82, 2.24) is 15.3 Å². The number of fused-ring (bicyclic) bond motifs is 1. The minimum Gasteiger partial charge on any atom is -0.377 e. The van der Waals surface area contributed by atoms with E-state index in [1.54, 1.807) is 12.1 Å². The Bertz CT molecular complexity index is 992. The van der Waals surface area contributed by atoms with Gasteiger partial charge in [-0.2, -0.15) is 0 Å². The summed E-state index contributed by atoms with van der Waals surface area (Å²) >= 11 is 0. The average molecular weight is 365 g/mol. The molecule has 0 spiro atoms. The number of aromatic nitrogens is 2. The van der Waals surface area contributed by atoms with Gasteiger partial charge in [-0.25, -0.2) is 4.98 Å². The fourth-order valence-corrected chi connectivity index (χ4v) is 2.92. The van der Waals surface area contributed by atoms with Crippen LogP contribution in [-0.2, 0) is 0 Å². The topological polar surface area (TPSA) is 113 Å². The largest absolute Gasteiger partial charge is 0.377 e. The quantitative estimate of drug-likeness (QED) is 0.457. The molecule has 3 N–H and O–H groups in total. The molecule has 1 heterocycles. The van der Waals surface area contributed by atoms with E-state index in [9.17, 15) is 14.9 Å². The Balaban J connectivity index is 1.53. The molecule has 27 heavy (non-hydrogen) atoms. The number of benzene rings is 2. The van der Waals surface area contributed by atoms with Crippen molar-refractivity contribution >= 4 is 28.3 Å². The molecular formula is C19H19N5O3. The number of hydrogen-bond acceptors (Lipinski definition) is 5. The minimum atomic E-state index is -0.468. The van der Waals surface area contributed by atoms with Crippen molar-refractivity contribution in [2.75, 3.05) is 5.32 Å². The van der Waals surface area contributed by atoms with Crippen LogP contribution in [0.2, 0.25) is 0 Å². The zero-order chi connectivity index (χ0) is 19.0. The standard InChI is InChI=1S/C19H19N5O3/c1-11(18-22-14-4-2-3-5-15(14)23-18)20-19(25)12-6-9-16(21-13-7-8-13)17(10-12)24(26)27/h2-6,9-11,13,21H,7-8H2,1H3,(H,20,25)(H,22,23). The van der Waals surface area contributed by atoms with E-state index in [2.05, 4.69) is 20.6 Å². The summed E-state index contributed by atoms with van der Waals surface area (Å²) in [5, 5.41) is 17.3. The van der Waals surface area contributed by atoms with Gasteiger partial charge in [-0.1, -0.05) is 12.1 Å². The molecule has 1 aliphatic carbocycles. The molecule has 0 bridgehead atoms. The predicted octanol–water partition coefficient (Wildman–Crippen LogP) is 3.54. The number of anilines is 1. The maximum atomic E-state index is 12.6. The van der Waals surface area contributed by atoms with E-state index in [4.69, 9.17) is 0 Å². The molecule has 4 rings (SSSR count). The number of nitrogens with zero attached hydrogens (tertiary/aromatic N) is 2. The van der Waals surface area contributed by atoms with Gasteiger partial charge in [0.1, 0.15) is 11.5 Å². The highest BCUT2D eigenvalue weighted by Crippen LogP contribution is 2.31. The van der Waals surface area contributed by atoms with Gasteiger partial charge < -0.3 is 15.6 Å². The third-order valence-corrected chi connectivity index (χ3v) is 4.56. The van der Waals surface area contributed by atoms with E-state index in [0.29, 0.717) is 11.5 Å². The summed E-state index contributed by atoms with van der Waals surface area (Å²) < 4.78 is 0. The number of carbonyl (C=O) groups excluding carboxylic acids is 1. The molecule has 8 nitrogen and oxygen atoms in total. The van der Waals surface area contributed by atoms with Crippen LogP contribution in [0.1, 0.15) is 42.0 Å². The lowest BCUT2D eigenvalue weighted by atomic mass is 10.1. The van der Waals surface area contributed by atoms with Crippen molar-refractivity contribution in [1.29, 1.82) is 0 Å². The van der Waals surface area contributed by atoms with Crippen molar-refractivity contribution in [2.24, 2.45) is 0 Å². The molecule has 1 aromatic heterocycles. The predicted molar refractivity (Wildman–Crippen MR) is 102 cm³/mol. The van der Waals surface area contributed by atoms with E-state index < -0.39 is 4.92 Å². The first-order valence-corrected chi connectivity index (χ1v) is 8.82. The Morgan fingerprint density at radius 2 is 2.07 bits per heavy atom. The average Bonchev–Trinajstić information content (AvgIpc) is 3.36. The summed E-state index contributed by atoms with van der Waals surface area (Å²) in [6.45, 7) is 1.81. The van der Waals surface area contributed by atoms with Gasteiger partial charge in [-0.15, -0.1) is 0 Å². The molecule has 2 aromatic carbocycles. The van der Waals surface area contributed by atoms with Crippen molar-refractivity contribution in [3.8, 4) is 0 Å². The number of amides is 1. The molecule has 1 amide bonds. The van der Waals surface area contributed by atoms with Crippen molar-refractivity contribution in [2.45, 2.75) is 31.8 Å². The second-order valence-corrected chi connectivity index (χ2v) is 6.74. The first kappa shape index (κ1) is 17.0. The summed E-state index contributed by atoms with van der Waals surface area (Å²) in [6.07, 6.45) is 2.02. The van der Waals surface area contributed by atoms with E-state index in [1.807, 2.05) is 31.2 Å². The number of rotatable bonds is 6. The van der Waals surface area contributed by atoms with Gasteiger partial charge in [0, 0.05) is 17.7 Å². The van der Waals surface area contributed by atoms with E-state index in [1.165, 1.54) is 6.07 Å². The van der Waals surface area contributed by atoms with Crippen LogP contribution in [0.25, 0.3) is 11.0 Å². The van der Waals surface area contributed by atoms with Gasteiger partial charge in [0.15, 0.2) is 0 Å². The SMILES string of the molecule is CC(NC(=O)c1ccc(NC2CC2)c([N+](=O)[O-])c1)c1nc2ccccc2[nH]1.